The van der Waals surface area contributed by atoms with Crippen LogP contribution in [0.4, 0.5) is 0 Å². The third-order valence-electron chi connectivity index (χ3n) is 2.15. The Morgan fingerprint density at radius 1 is 1.11 bits per heavy atom. The molecule has 0 amide bonds. The van der Waals surface area contributed by atoms with Crippen LogP contribution in [0.3, 0.4) is 0 Å². The van der Waals surface area contributed by atoms with Gasteiger partial charge in [-0.3, -0.25) is 4.28 Å². The van der Waals surface area contributed by atoms with E-state index >= 15 is 0 Å². The Morgan fingerprint density at radius 2 is 1.72 bits per heavy atom. The maximum Gasteiger partial charge on any atom is 0.357 e. The molecule has 0 spiro atoms. The lowest BCUT2D eigenvalue weighted by Crippen LogP contribution is -2.21. The standard InChI is InChI=1S/C11H9NO5S/c13-11(14)9-5-1-2-6-10(9)18(15,16)17-12-7-3-4-8-12/h1-8H,(H,13,14). The zero-order chi connectivity index (χ0) is 13.2. The first-order chi connectivity index (χ1) is 8.50. The summed E-state index contributed by atoms with van der Waals surface area (Å²) in [5.41, 5.74) is -0.329. The molecule has 2 aromatic rings. The molecule has 2 rings (SSSR count). The Bertz CT molecular complexity index is 661. The van der Waals surface area contributed by atoms with Gasteiger partial charge in [-0.15, -0.1) is 0 Å². The molecule has 1 aromatic heterocycles. The van der Waals surface area contributed by atoms with Crippen molar-refractivity contribution in [3.8, 4) is 0 Å². The van der Waals surface area contributed by atoms with Crippen LogP contribution in [0.1, 0.15) is 10.4 Å². The average molecular weight is 267 g/mol. The molecule has 6 nitrogen and oxygen atoms in total. The van der Waals surface area contributed by atoms with Gasteiger partial charge in [-0.1, -0.05) is 12.1 Å². The lowest BCUT2D eigenvalue weighted by molar-refractivity contribution is 0.0692. The highest BCUT2D eigenvalue weighted by Gasteiger charge is 2.23. The third kappa shape index (κ3) is 2.35. The van der Waals surface area contributed by atoms with Gasteiger partial charge in [-0.2, -0.15) is 13.1 Å². The van der Waals surface area contributed by atoms with E-state index in [0.717, 1.165) is 4.73 Å². The van der Waals surface area contributed by atoms with Crippen LogP contribution in [0, 0.1) is 0 Å². The quantitative estimate of drug-likeness (QED) is 0.893. The summed E-state index contributed by atoms with van der Waals surface area (Å²) in [4.78, 5) is 10.6. The Labute approximate surface area is 103 Å². The van der Waals surface area contributed by atoms with Crippen molar-refractivity contribution >= 4 is 16.1 Å². The van der Waals surface area contributed by atoms with Crippen LogP contribution in [-0.4, -0.2) is 24.2 Å². The molecule has 0 saturated carbocycles. The first kappa shape index (κ1) is 12.2. The molecular weight excluding hydrogens is 258 g/mol. The number of aromatic carboxylic acids is 1. The van der Waals surface area contributed by atoms with Gasteiger partial charge in [0.15, 0.2) is 0 Å². The molecule has 0 aliphatic rings. The first-order valence-corrected chi connectivity index (χ1v) is 6.32. The van der Waals surface area contributed by atoms with Crippen molar-refractivity contribution < 1.29 is 22.6 Å². The Kier molecular flexibility index (Phi) is 3.07. The van der Waals surface area contributed by atoms with Gasteiger partial charge in [-0.25, -0.2) is 4.79 Å². The lowest BCUT2D eigenvalue weighted by atomic mass is 10.2. The van der Waals surface area contributed by atoms with E-state index in [1.807, 2.05) is 0 Å². The Morgan fingerprint density at radius 3 is 2.33 bits per heavy atom. The van der Waals surface area contributed by atoms with Crippen molar-refractivity contribution in [3.63, 3.8) is 0 Å². The van der Waals surface area contributed by atoms with E-state index < -0.39 is 16.1 Å². The van der Waals surface area contributed by atoms with Gasteiger partial charge >= 0.3 is 16.1 Å². The van der Waals surface area contributed by atoms with Gasteiger partial charge in [0.25, 0.3) is 0 Å². The molecule has 94 valence electrons. The minimum Gasteiger partial charge on any atom is -0.478 e. The number of rotatable bonds is 4. The predicted octanol–water partition coefficient (Wildman–Crippen LogP) is 1.00. The van der Waals surface area contributed by atoms with Crippen LogP contribution >= 0.6 is 0 Å². The summed E-state index contributed by atoms with van der Waals surface area (Å²) in [5, 5.41) is 8.93. The second-order valence-corrected chi connectivity index (χ2v) is 4.87. The van der Waals surface area contributed by atoms with Crippen LogP contribution in [0.5, 0.6) is 0 Å². The fraction of sp³-hybridized carbons (Fsp3) is 0. The third-order valence-corrected chi connectivity index (χ3v) is 3.41. The number of carboxylic acids is 1. The number of carboxylic acid groups (broad SMARTS) is 1. The van der Waals surface area contributed by atoms with E-state index in [0.29, 0.717) is 0 Å². The summed E-state index contributed by atoms with van der Waals surface area (Å²) >= 11 is 0. The van der Waals surface area contributed by atoms with Crippen molar-refractivity contribution in [2.45, 2.75) is 4.90 Å². The molecule has 0 aliphatic heterocycles. The summed E-state index contributed by atoms with van der Waals surface area (Å²) < 4.78 is 29.6. The molecule has 0 atom stereocenters. The number of hydrogen-bond acceptors (Lipinski definition) is 4. The Balaban J connectivity index is 2.45. The number of hydrogen-bond donors (Lipinski definition) is 1. The van der Waals surface area contributed by atoms with E-state index in [-0.39, 0.29) is 10.5 Å². The molecule has 0 fully saturated rings. The number of aromatic nitrogens is 1. The van der Waals surface area contributed by atoms with Gasteiger partial charge in [-0.05, 0) is 24.3 Å². The van der Waals surface area contributed by atoms with Gasteiger partial charge in [0, 0.05) is 12.4 Å². The van der Waals surface area contributed by atoms with Gasteiger partial charge in [0.2, 0.25) is 0 Å². The van der Waals surface area contributed by atoms with Gasteiger partial charge < -0.3 is 5.11 Å². The summed E-state index contributed by atoms with van der Waals surface area (Å²) in [6.45, 7) is 0. The molecular formula is C11H9NO5S. The van der Waals surface area contributed by atoms with Crippen LogP contribution in [0.15, 0.2) is 53.7 Å². The second-order valence-electron chi connectivity index (χ2n) is 3.37. The number of carbonyl (C=O) groups is 1. The molecule has 0 bridgehead atoms. The van der Waals surface area contributed by atoms with Crippen molar-refractivity contribution in [1.82, 2.24) is 4.73 Å². The zero-order valence-corrected chi connectivity index (χ0v) is 9.87. The maximum absolute atomic E-state index is 11.9. The van der Waals surface area contributed by atoms with Crippen molar-refractivity contribution in [2.75, 3.05) is 0 Å². The van der Waals surface area contributed by atoms with E-state index in [2.05, 4.69) is 0 Å². The lowest BCUT2D eigenvalue weighted by Gasteiger charge is -2.08. The molecule has 7 heteroatoms. The van der Waals surface area contributed by atoms with Gasteiger partial charge in [0.05, 0.1) is 5.56 Å². The van der Waals surface area contributed by atoms with Crippen LogP contribution < -0.4 is 4.28 Å². The van der Waals surface area contributed by atoms with Crippen LogP contribution in [0.2, 0.25) is 0 Å². The SMILES string of the molecule is O=C(O)c1ccccc1S(=O)(=O)On1cccc1. The molecule has 1 heterocycles. The van der Waals surface area contributed by atoms with Crippen LogP contribution in [0.25, 0.3) is 0 Å². The Hall–Kier alpha value is -2.28. The minimum atomic E-state index is -4.18. The molecule has 1 N–H and O–H groups in total. The summed E-state index contributed by atoms with van der Waals surface area (Å²) in [7, 11) is -4.18. The number of benzene rings is 1. The maximum atomic E-state index is 11.9. The van der Waals surface area contributed by atoms with Gasteiger partial charge in [0.1, 0.15) is 4.90 Å². The zero-order valence-electron chi connectivity index (χ0n) is 9.05. The summed E-state index contributed by atoms with van der Waals surface area (Å²) in [6.07, 6.45) is 2.78. The first-order valence-electron chi connectivity index (χ1n) is 4.91. The molecule has 0 radical (unpaired) electrons. The topological polar surface area (TPSA) is 85.6 Å². The predicted molar refractivity (Wildman–Crippen MR) is 61.6 cm³/mol. The molecule has 0 saturated heterocycles. The number of nitrogens with zero attached hydrogens (tertiary/aromatic N) is 1. The average Bonchev–Trinajstić information content (AvgIpc) is 2.81. The van der Waals surface area contributed by atoms with Crippen LogP contribution in [-0.2, 0) is 10.1 Å². The van der Waals surface area contributed by atoms with E-state index in [1.54, 1.807) is 12.1 Å². The molecule has 1 aromatic carbocycles. The largest absolute Gasteiger partial charge is 0.478 e. The normalized spacial score (nSPS) is 11.1. The molecule has 0 aliphatic carbocycles. The van der Waals surface area contributed by atoms with E-state index in [1.165, 1.54) is 36.7 Å². The fourth-order valence-corrected chi connectivity index (χ4v) is 2.46. The van der Waals surface area contributed by atoms with Crippen molar-refractivity contribution in [1.29, 1.82) is 0 Å². The monoisotopic (exact) mass is 267 g/mol. The molecule has 18 heavy (non-hydrogen) atoms. The van der Waals surface area contributed by atoms with Crippen molar-refractivity contribution in [3.05, 3.63) is 54.4 Å². The van der Waals surface area contributed by atoms with Crippen molar-refractivity contribution in [2.24, 2.45) is 0 Å². The summed E-state index contributed by atoms with van der Waals surface area (Å²) in [5.74, 6) is -1.33. The van der Waals surface area contributed by atoms with E-state index in [4.69, 9.17) is 9.39 Å². The highest BCUT2D eigenvalue weighted by Crippen LogP contribution is 2.16. The molecule has 0 unspecified atom stereocenters. The highest BCUT2D eigenvalue weighted by molar-refractivity contribution is 7.87. The summed E-state index contributed by atoms with van der Waals surface area (Å²) in [6, 6.07) is 8.42. The smallest absolute Gasteiger partial charge is 0.357 e. The minimum absolute atomic E-state index is 0.329. The highest BCUT2D eigenvalue weighted by atomic mass is 32.2. The fourth-order valence-electron chi connectivity index (χ4n) is 1.38. The van der Waals surface area contributed by atoms with E-state index in [9.17, 15) is 13.2 Å². The second kappa shape index (κ2) is 4.53.